The van der Waals surface area contributed by atoms with Crippen molar-refractivity contribution >= 4 is 56.9 Å². The van der Waals surface area contributed by atoms with Crippen molar-refractivity contribution in [1.82, 2.24) is 4.98 Å². The quantitative estimate of drug-likeness (QED) is 0.259. The van der Waals surface area contributed by atoms with Gasteiger partial charge in [-0.05, 0) is 34.5 Å². The topological polar surface area (TPSA) is 59.4 Å². The number of carbonyl (C=O) groups is 1. The number of fused-ring (bicyclic) bond motifs is 1. The summed E-state index contributed by atoms with van der Waals surface area (Å²) in [5, 5.41) is 15.1. The van der Waals surface area contributed by atoms with Crippen LogP contribution in [0.4, 0.5) is 0 Å². The molecule has 0 spiro atoms. The molecule has 7 heteroatoms. The number of benzene rings is 3. The standard InChI is InChI=1S/C23H15Cl2NO3S/c1-29-11-18(23(27)28)16-4-2-3-13-5-6-14(9-17(13)16)21-12-30-22(26-21)15-7-8-19(24)20(25)10-15/h2-12H,1H3,(H,27,28)/b18-11+. The van der Waals surface area contributed by atoms with Crippen LogP contribution in [0.2, 0.25) is 10.0 Å². The van der Waals surface area contributed by atoms with Crippen molar-refractivity contribution in [3.05, 3.63) is 81.8 Å². The van der Waals surface area contributed by atoms with Crippen LogP contribution >= 0.6 is 34.5 Å². The van der Waals surface area contributed by atoms with Gasteiger partial charge in [0.15, 0.2) is 0 Å². The molecule has 4 nitrogen and oxygen atoms in total. The molecule has 1 aromatic heterocycles. The first-order chi connectivity index (χ1) is 14.5. The summed E-state index contributed by atoms with van der Waals surface area (Å²) in [4.78, 5) is 16.5. The molecule has 0 aliphatic heterocycles. The van der Waals surface area contributed by atoms with Crippen molar-refractivity contribution in [2.45, 2.75) is 0 Å². The molecule has 0 radical (unpaired) electrons. The molecule has 1 N–H and O–H groups in total. The van der Waals surface area contributed by atoms with Gasteiger partial charge in [0.05, 0.1) is 29.1 Å². The first-order valence-corrected chi connectivity index (χ1v) is 10.5. The Morgan fingerprint density at radius 1 is 1.07 bits per heavy atom. The number of nitrogens with zero attached hydrogens (tertiary/aromatic N) is 1. The van der Waals surface area contributed by atoms with Crippen LogP contribution in [0.5, 0.6) is 0 Å². The smallest absolute Gasteiger partial charge is 0.339 e. The van der Waals surface area contributed by atoms with Crippen LogP contribution in [0.3, 0.4) is 0 Å². The first kappa shape index (κ1) is 20.4. The summed E-state index contributed by atoms with van der Waals surface area (Å²) < 4.78 is 4.98. The SMILES string of the molecule is CO/C=C(/C(=O)O)c1cccc2ccc(-c3csc(-c4ccc(Cl)c(Cl)c4)n3)cc12. The zero-order valence-electron chi connectivity index (χ0n) is 15.7. The van der Waals surface area contributed by atoms with Gasteiger partial charge < -0.3 is 9.84 Å². The third-order valence-corrected chi connectivity index (χ3v) is 6.24. The van der Waals surface area contributed by atoms with E-state index in [1.165, 1.54) is 24.7 Å². The lowest BCUT2D eigenvalue weighted by atomic mass is 9.96. The van der Waals surface area contributed by atoms with Gasteiger partial charge in [-0.1, -0.05) is 59.6 Å². The second-order valence-electron chi connectivity index (χ2n) is 6.48. The first-order valence-electron chi connectivity index (χ1n) is 8.88. The highest BCUT2D eigenvalue weighted by Crippen LogP contribution is 2.34. The number of aromatic nitrogens is 1. The summed E-state index contributed by atoms with van der Waals surface area (Å²) in [6.07, 6.45) is 1.25. The van der Waals surface area contributed by atoms with Crippen LogP contribution in [-0.4, -0.2) is 23.2 Å². The summed E-state index contributed by atoms with van der Waals surface area (Å²) in [7, 11) is 1.43. The summed E-state index contributed by atoms with van der Waals surface area (Å²) >= 11 is 13.6. The van der Waals surface area contributed by atoms with Gasteiger partial charge in [0.1, 0.15) is 10.6 Å². The summed E-state index contributed by atoms with van der Waals surface area (Å²) in [6, 6.07) is 16.8. The fourth-order valence-corrected chi connectivity index (χ4v) is 4.31. The van der Waals surface area contributed by atoms with Crippen molar-refractivity contribution in [3.63, 3.8) is 0 Å². The molecule has 0 amide bonds. The van der Waals surface area contributed by atoms with Crippen molar-refractivity contribution < 1.29 is 14.6 Å². The molecule has 0 bridgehead atoms. The lowest BCUT2D eigenvalue weighted by Crippen LogP contribution is -2.01. The lowest BCUT2D eigenvalue weighted by molar-refractivity contribution is -0.130. The molecule has 3 aromatic carbocycles. The molecule has 0 aliphatic rings. The second kappa shape index (κ2) is 8.48. The Kier molecular flexibility index (Phi) is 5.77. The number of rotatable bonds is 5. The number of methoxy groups -OCH3 is 1. The average Bonchev–Trinajstić information content (AvgIpc) is 3.23. The number of ether oxygens (including phenoxy) is 1. The van der Waals surface area contributed by atoms with E-state index in [9.17, 15) is 9.90 Å². The molecule has 0 saturated heterocycles. The van der Waals surface area contributed by atoms with E-state index in [0.717, 1.165) is 32.6 Å². The van der Waals surface area contributed by atoms with Crippen LogP contribution in [0.25, 0.3) is 38.2 Å². The molecule has 4 rings (SSSR count). The van der Waals surface area contributed by atoms with Crippen molar-refractivity contribution in [2.75, 3.05) is 7.11 Å². The van der Waals surface area contributed by atoms with Crippen molar-refractivity contribution in [2.24, 2.45) is 0 Å². The van der Waals surface area contributed by atoms with Crippen LogP contribution in [0, 0.1) is 0 Å². The van der Waals surface area contributed by atoms with E-state index in [1.54, 1.807) is 18.2 Å². The largest absolute Gasteiger partial charge is 0.503 e. The Hall–Kier alpha value is -2.86. The minimum absolute atomic E-state index is 0.0926. The molecule has 150 valence electrons. The molecule has 0 aliphatic carbocycles. The molecule has 0 fully saturated rings. The number of carboxylic acid groups (broad SMARTS) is 1. The third-order valence-electron chi connectivity index (χ3n) is 4.60. The Morgan fingerprint density at radius 3 is 2.60 bits per heavy atom. The number of hydrogen-bond donors (Lipinski definition) is 1. The Morgan fingerprint density at radius 2 is 1.87 bits per heavy atom. The van der Waals surface area contributed by atoms with E-state index in [1.807, 2.05) is 41.8 Å². The van der Waals surface area contributed by atoms with Gasteiger partial charge in [-0.2, -0.15) is 0 Å². The molecule has 0 atom stereocenters. The maximum absolute atomic E-state index is 11.7. The van der Waals surface area contributed by atoms with Crippen LogP contribution in [0.1, 0.15) is 5.56 Å². The predicted octanol–water partition coefficient (Wildman–Crippen LogP) is 7.01. The van der Waals surface area contributed by atoms with Crippen LogP contribution in [-0.2, 0) is 9.53 Å². The Balaban J connectivity index is 1.80. The van der Waals surface area contributed by atoms with Gasteiger partial charge in [0.25, 0.3) is 0 Å². The van der Waals surface area contributed by atoms with E-state index in [4.69, 9.17) is 32.9 Å². The fraction of sp³-hybridized carbons (Fsp3) is 0.0435. The maximum Gasteiger partial charge on any atom is 0.339 e. The Labute approximate surface area is 187 Å². The number of carboxylic acids is 1. The molecule has 4 aromatic rings. The van der Waals surface area contributed by atoms with Gasteiger partial charge >= 0.3 is 5.97 Å². The normalized spacial score (nSPS) is 11.6. The molecular weight excluding hydrogens is 441 g/mol. The highest BCUT2D eigenvalue weighted by molar-refractivity contribution is 7.13. The molecular formula is C23H15Cl2NO3S. The third kappa shape index (κ3) is 3.92. The number of aliphatic carboxylic acids is 1. The minimum Gasteiger partial charge on any atom is -0.503 e. The zero-order valence-corrected chi connectivity index (χ0v) is 18.1. The van der Waals surface area contributed by atoms with E-state index in [2.05, 4.69) is 0 Å². The number of thiazole rings is 1. The molecule has 0 saturated carbocycles. The van der Waals surface area contributed by atoms with Gasteiger partial charge in [-0.3, -0.25) is 0 Å². The predicted molar refractivity (Wildman–Crippen MR) is 123 cm³/mol. The van der Waals surface area contributed by atoms with Crippen molar-refractivity contribution in [1.29, 1.82) is 0 Å². The van der Waals surface area contributed by atoms with Crippen molar-refractivity contribution in [3.8, 4) is 21.8 Å². The lowest BCUT2D eigenvalue weighted by Gasteiger charge is -2.09. The van der Waals surface area contributed by atoms with E-state index in [-0.39, 0.29) is 5.57 Å². The van der Waals surface area contributed by atoms with Crippen LogP contribution in [0.15, 0.2) is 66.2 Å². The summed E-state index contributed by atoms with van der Waals surface area (Å²) in [5.41, 5.74) is 3.25. The van der Waals surface area contributed by atoms with Gasteiger partial charge in [0, 0.05) is 16.5 Å². The second-order valence-corrected chi connectivity index (χ2v) is 8.15. The fourth-order valence-electron chi connectivity index (χ4n) is 3.18. The Bertz CT molecular complexity index is 1300. The highest BCUT2D eigenvalue weighted by Gasteiger charge is 2.15. The maximum atomic E-state index is 11.7. The number of halogens is 2. The van der Waals surface area contributed by atoms with E-state index in [0.29, 0.717) is 15.6 Å². The minimum atomic E-state index is -1.05. The highest BCUT2D eigenvalue weighted by atomic mass is 35.5. The molecule has 0 unspecified atom stereocenters. The van der Waals surface area contributed by atoms with E-state index < -0.39 is 5.97 Å². The van der Waals surface area contributed by atoms with E-state index >= 15 is 0 Å². The zero-order chi connectivity index (χ0) is 21.3. The monoisotopic (exact) mass is 455 g/mol. The van der Waals surface area contributed by atoms with Gasteiger partial charge in [0.2, 0.25) is 0 Å². The molecule has 1 heterocycles. The summed E-state index contributed by atoms with van der Waals surface area (Å²) in [5.74, 6) is -1.05. The van der Waals surface area contributed by atoms with Gasteiger partial charge in [-0.25, -0.2) is 9.78 Å². The summed E-state index contributed by atoms with van der Waals surface area (Å²) in [6.45, 7) is 0. The molecule has 30 heavy (non-hydrogen) atoms. The average molecular weight is 456 g/mol. The van der Waals surface area contributed by atoms with Crippen LogP contribution < -0.4 is 0 Å². The number of hydrogen-bond acceptors (Lipinski definition) is 4. The van der Waals surface area contributed by atoms with Gasteiger partial charge in [-0.15, -0.1) is 11.3 Å².